The molecule has 0 saturated heterocycles. The zero-order valence-corrected chi connectivity index (χ0v) is 17.1. The number of hydrogen-bond acceptors (Lipinski definition) is 5. The topological polar surface area (TPSA) is 60.5 Å². The van der Waals surface area contributed by atoms with Crippen LogP contribution in [0.3, 0.4) is 0 Å². The highest BCUT2D eigenvalue weighted by molar-refractivity contribution is 6.32. The zero-order chi connectivity index (χ0) is 23.6. The fourth-order valence-electron chi connectivity index (χ4n) is 2.20. The van der Waals surface area contributed by atoms with Gasteiger partial charge in [-0.05, 0) is 51.1 Å². The molecule has 2 aromatic rings. The van der Waals surface area contributed by atoms with Crippen LogP contribution >= 0.6 is 11.6 Å². The summed E-state index contributed by atoms with van der Waals surface area (Å²) in [5.74, 6) is -1.55. The third-order valence-corrected chi connectivity index (χ3v) is 3.71. The number of ether oxygens (including phenoxy) is 2. The molecular weight excluding hydrogens is 454 g/mol. The number of halogens is 7. The summed E-state index contributed by atoms with van der Waals surface area (Å²) in [5, 5.41) is 2.24. The number of carbonyl (C=O) groups excluding carboxylic acids is 1. The van der Waals surface area contributed by atoms with E-state index < -0.39 is 40.9 Å². The lowest BCUT2D eigenvalue weighted by molar-refractivity contribution is -0.300. The number of rotatable bonds is 5. The van der Waals surface area contributed by atoms with Crippen molar-refractivity contribution in [3.63, 3.8) is 0 Å². The summed E-state index contributed by atoms with van der Waals surface area (Å²) in [6.45, 7) is 5.16. The van der Waals surface area contributed by atoms with Crippen LogP contribution in [-0.2, 0) is 4.74 Å². The Kier molecular flexibility index (Phi) is 6.99. The first-order chi connectivity index (χ1) is 14.1. The molecule has 12 heteroatoms. The number of benzene rings is 1. The molecule has 0 aliphatic carbocycles. The van der Waals surface area contributed by atoms with Crippen molar-refractivity contribution in [2.24, 2.45) is 0 Å². The van der Waals surface area contributed by atoms with Gasteiger partial charge in [0.15, 0.2) is 0 Å². The van der Waals surface area contributed by atoms with Crippen molar-refractivity contribution in [3.8, 4) is 5.88 Å². The van der Waals surface area contributed by atoms with E-state index in [1.165, 1.54) is 24.3 Å². The van der Waals surface area contributed by atoms with Crippen molar-refractivity contribution in [1.82, 2.24) is 4.98 Å². The van der Waals surface area contributed by atoms with Crippen molar-refractivity contribution >= 4 is 28.9 Å². The van der Waals surface area contributed by atoms with Gasteiger partial charge >= 0.3 is 18.3 Å². The molecule has 0 bridgehead atoms. The Hall–Kier alpha value is -2.69. The minimum absolute atomic E-state index is 0.165. The van der Waals surface area contributed by atoms with Gasteiger partial charge in [0, 0.05) is 5.69 Å². The summed E-state index contributed by atoms with van der Waals surface area (Å²) < 4.78 is 84.9. The maximum atomic E-state index is 12.6. The molecular formula is C19H17ClF6N2O3. The Bertz CT molecular complexity index is 910. The first kappa shape index (κ1) is 24.6. The molecule has 2 rings (SSSR count). The smallest absolute Gasteiger partial charge is 0.434 e. The molecule has 1 N–H and O–H groups in total. The Balaban J connectivity index is 2.13. The second kappa shape index (κ2) is 8.81. The van der Waals surface area contributed by atoms with Crippen molar-refractivity contribution in [1.29, 1.82) is 0 Å². The number of alkyl halides is 6. The van der Waals surface area contributed by atoms with Crippen LogP contribution in [0.5, 0.6) is 5.88 Å². The Morgan fingerprint density at radius 1 is 1.00 bits per heavy atom. The van der Waals surface area contributed by atoms with Crippen LogP contribution in [0.15, 0.2) is 36.5 Å². The summed E-state index contributed by atoms with van der Waals surface area (Å²) in [4.78, 5) is 15.4. The maximum absolute atomic E-state index is 12.6. The van der Waals surface area contributed by atoms with E-state index in [9.17, 15) is 31.1 Å². The third kappa shape index (κ3) is 7.20. The van der Waals surface area contributed by atoms with E-state index in [1.54, 1.807) is 20.8 Å². The number of hydrogen-bond donors (Lipinski definition) is 1. The molecule has 0 atom stereocenters. The lowest BCUT2D eigenvalue weighted by Gasteiger charge is -2.23. The monoisotopic (exact) mass is 470 g/mol. The van der Waals surface area contributed by atoms with Crippen molar-refractivity contribution < 1.29 is 40.6 Å². The molecule has 0 aliphatic heterocycles. The predicted molar refractivity (Wildman–Crippen MR) is 101 cm³/mol. The van der Waals surface area contributed by atoms with Gasteiger partial charge in [-0.2, -0.15) is 26.3 Å². The number of nitrogens with one attached hydrogen (secondary N) is 1. The maximum Gasteiger partial charge on any atom is 0.434 e. The molecule has 1 aromatic heterocycles. The molecule has 0 saturated carbocycles. The van der Waals surface area contributed by atoms with Gasteiger partial charge in [-0.3, -0.25) is 0 Å². The molecule has 1 aromatic carbocycles. The minimum Gasteiger partial charge on any atom is -0.456 e. The fraction of sp³-hybridized carbons (Fsp3) is 0.368. The molecule has 1 heterocycles. The largest absolute Gasteiger partial charge is 0.456 e. The molecule has 31 heavy (non-hydrogen) atoms. The lowest BCUT2D eigenvalue weighted by atomic mass is 10.1. The molecule has 170 valence electrons. The molecule has 5 nitrogen and oxygen atoms in total. The van der Waals surface area contributed by atoms with Gasteiger partial charge in [-0.15, -0.1) is 0 Å². The highest BCUT2D eigenvalue weighted by atomic mass is 35.5. The van der Waals surface area contributed by atoms with Gasteiger partial charge in [0.1, 0.15) is 10.6 Å². The van der Waals surface area contributed by atoms with Crippen LogP contribution in [0.2, 0.25) is 5.02 Å². The standard InChI is InChI=1S/C19H17ClF6N2O3/c1-17(2,3)31-15(29)10-4-6-11(7-5-10)28-12-8-13(20)14(27-9-12)30-16(18(21,22)23)19(24,25)26/h4-9,16,28H,1-3H3. The quantitative estimate of drug-likeness (QED) is 0.410. The number of anilines is 2. The third-order valence-electron chi connectivity index (χ3n) is 3.44. The number of nitrogens with zero attached hydrogens (tertiary/aromatic N) is 1. The molecule has 0 radical (unpaired) electrons. The summed E-state index contributed by atoms with van der Waals surface area (Å²) in [5.41, 5.74) is 0.225. The van der Waals surface area contributed by atoms with E-state index in [2.05, 4.69) is 15.0 Å². The fourth-order valence-corrected chi connectivity index (χ4v) is 2.42. The van der Waals surface area contributed by atoms with Crippen LogP contribution in [0.25, 0.3) is 0 Å². The minimum atomic E-state index is -5.70. The Labute approximate surface area is 178 Å². The second-order valence-electron chi connectivity index (χ2n) is 7.30. The van der Waals surface area contributed by atoms with Crippen LogP contribution < -0.4 is 10.1 Å². The van der Waals surface area contributed by atoms with Gasteiger partial charge in [0.05, 0.1) is 17.4 Å². The van der Waals surface area contributed by atoms with Crippen LogP contribution in [-0.4, -0.2) is 35.0 Å². The Morgan fingerprint density at radius 3 is 2.00 bits per heavy atom. The first-order valence-corrected chi connectivity index (χ1v) is 9.00. The van der Waals surface area contributed by atoms with Gasteiger partial charge in [-0.25, -0.2) is 9.78 Å². The lowest BCUT2D eigenvalue weighted by Crippen LogP contribution is -2.46. The van der Waals surface area contributed by atoms with E-state index >= 15 is 0 Å². The highest BCUT2D eigenvalue weighted by Gasteiger charge is 2.59. The van der Waals surface area contributed by atoms with Crippen LogP contribution in [0, 0.1) is 0 Å². The number of pyridine rings is 1. The Morgan fingerprint density at radius 2 is 1.55 bits per heavy atom. The molecule has 0 amide bonds. The summed E-state index contributed by atoms with van der Waals surface area (Å²) in [7, 11) is 0. The number of carbonyl (C=O) groups is 1. The highest BCUT2D eigenvalue weighted by Crippen LogP contribution is 2.38. The molecule has 0 fully saturated rings. The van der Waals surface area contributed by atoms with Crippen molar-refractivity contribution in [2.75, 3.05) is 5.32 Å². The SMILES string of the molecule is CC(C)(C)OC(=O)c1ccc(Nc2cnc(OC(C(F)(F)F)C(F)(F)F)c(Cl)c2)cc1. The normalized spacial score (nSPS) is 12.6. The average Bonchev–Trinajstić information content (AvgIpc) is 2.58. The molecule has 0 unspecified atom stereocenters. The zero-order valence-electron chi connectivity index (χ0n) is 16.4. The second-order valence-corrected chi connectivity index (χ2v) is 7.70. The summed E-state index contributed by atoms with van der Waals surface area (Å²) in [6.07, 6.45) is -14.5. The predicted octanol–water partition coefficient (Wildman–Crippen LogP) is 6.31. The van der Waals surface area contributed by atoms with Crippen molar-refractivity contribution in [3.05, 3.63) is 47.1 Å². The summed E-state index contributed by atoms with van der Waals surface area (Å²) >= 11 is 5.74. The van der Waals surface area contributed by atoms with Gasteiger partial charge in [-0.1, -0.05) is 11.6 Å². The number of aromatic nitrogens is 1. The summed E-state index contributed by atoms with van der Waals surface area (Å²) in [6, 6.07) is 7.03. The van der Waals surface area contributed by atoms with E-state index in [0.29, 0.717) is 5.69 Å². The van der Waals surface area contributed by atoms with Gasteiger partial charge in [0.2, 0.25) is 5.88 Å². The van der Waals surface area contributed by atoms with E-state index in [4.69, 9.17) is 16.3 Å². The van der Waals surface area contributed by atoms with E-state index in [-0.39, 0.29) is 11.3 Å². The van der Waals surface area contributed by atoms with Crippen molar-refractivity contribution in [2.45, 2.75) is 44.8 Å². The van der Waals surface area contributed by atoms with Crippen LogP contribution in [0.1, 0.15) is 31.1 Å². The first-order valence-electron chi connectivity index (χ1n) is 8.62. The van der Waals surface area contributed by atoms with E-state index in [1.807, 2.05) is 0 Å². The molecule has 0 aliphatic rings. The van der Waals surface area contributed by atoms with Gasteiger partial charge in [0.25, 0.3) is 6.10 Å². The van der Waals surface area contributed by atoms with E-state index in [0.717, 1.165) is 12.3 Å². The van der Waals surface area contributed by atoms with Crippen LogP contribution in [0.4, 0.5) is 37.7 Å². The average molecular weight is 471 g/mol. The number of esters is 1. The molecule has 0 spiro atoms. The van der Waals surface area contributed by atoms with Gasteiger partial charge < -0.3 is 14.8 Å².